The molecular weight excluding hydrogens is 122 g/mol. The van der Waals surface area contributed by atoms with Crippen LogP contribution in [0.4, 0.5) is 0 Å². The fraction of sp³-hybridized carbons (Fsp3) is 1.00. The maximum atomic E-state index is 3.42. The molecule has 1 rings (SSSR count). The van der Waals surface area contributed by atoms with Crippen LogP contribution in [0.25, 0.3) is 0 Å². The number of hydrogen-bond acceptors (Lipinski definition) is 1. The standard InChI is InChI=1S/C9H19N/c1-3-4-5-9(2)6-7-10-8-9/h10H,3-8H2,1-2H3/t9-/m1/s1. The third-order valence-corrected chi connectivity index (χ3v) is 2.59. The topological polar surface area (TPSA) is 12.0 Å². The normalized spacial score (nSPS) is 33.0. The lowest BCUT2D eigenvalue weighted by Gasteiger charge is -2.21. The molecule has 1 fully saturated rings. The van der Waals surface area contributed by atoms with Crippen molar-refractivity contribution < 1.29 is 0 Å². The van der Waals surface area contributed by atoms with E-state index in [1.54, 1.807) is 0 Å². The van der Waals surface area contributed by atoms with Crippen LogP contribution in [0.1, 0.15) is 39.5 Å². The summed E-state index contributed by atoms with van der Waals surface area (Å²) in [6.07, 6.45) is 5.54. The van der Waals surface area contributed by atoms with Crippen LogP contribution < -0.4 is 5.32 Å². The molecule has 1 aliphatic heterocycles. The highest BCUT2D eigenvalue weighted by molar-refractivity contribution is 4.83. The van der Waals surface area contributed by atoms with Crippen LogP contribution in [0.2, 0.25) is 0 Å². The molecule has 0 aromatic carbocycles. The maximum Gasteiger partial charge on any atom is 0.000564 e. The van der Waals surface area contributed by atoms with Gasteiger partial charge in [-0.2, -0.15) is 0 Å². The Morgan fingerprint density at radius 3 is 2.80 bits per heavy atom. The summed E-state index contributed by atoms with van der Waals surface area (Å²) in [4.78, 5) is 0. The van der Waals surface area contributed by atoms with Gasteiger partial charge in [0.1, 0.15) is 0 Å². The van der Waals surface area contributed by atoms with Gasteiger partial charge in [0.15, 0.2) is 0 Å². The zero-order valence-electron chi connectivity index (χ0n) is 7.24. The molecule has 1 saturated heterocycles. The Hall–Kier alpha value is -0.0400. The molecule has 1 atom stereocenters. The average molecular weight is 141 g/mol. The molecule has 0 spiro atoms. The Morgan fingerprint density at radius 1 is 1.50 bits per heavy atom. The molecule has 60 valence electrons. The lowest BCUT2D eigenvalue weighted by molar-refractivity contribution is 0.323. The molecule has 10 heavy (non-hydrogen) atoms. The van der Waals surface area contributed by atoms with E-state index in [1.807, 2.05) is 0 Å². The molecule has 0 amide bonds. The highest BCUT2D eigenvalue weighted by Gasteiger charge is 2.26. The zero-order chi connectivity index (χ0) is 7.45. The van der Waals surface area contributed by atoms with Gasteiger partial charge in [0.25, 0.3) is 0 Å². The first-order chi connectivity index (χ1) is 4.77. The Labute approximate surface area is 64.2 Å². The third-order valence-electron chi connectivity index (χ3n) is 2.59. The summed E-state index contributed by atoms with van der Waals surface area (Å²) in [6.45, 7) is 7.15. The number of nitrogens with one attached hydrogen (secondary N) is 1. The van der Waals surface area contributed by atoms with E-state index in [-0.39, 0.29) is 0 Å². The SMILES string of the molecule is CCCC[C@]1(C)CCNC1. The molecule has 0 bridgehead atoms. The minimum absolute atomic E-state index is 0.635. The summed E-state index contributed by atoms with van der Waals surface area (Å²) in [5.41, 5.74) is 0.635. The highest BCUT2D eigenvalue weighted by atomic mass is 14.9. The van der Waals surface area contributed by atoms with Crippen LogP contribution in [0, 0.1) is 5.41 Å². The van der Waals surface area contributed by atoms with Gasteiger partial charge in [-0.05, 0) is 24.8 Å². The molecule has 0 unspecified atom stereocenters. The molecule has 0 saturated carbocycles. The van der Waals surface area contributed by atoms with Crippen LogP contribution in [0.5, 0.6) is 0 Å². The van der Waals surface area contributed by atoms with Crippen molar-refractivity contribution in [3.05, 3.63) is 0 Å². The fourth-order valence-corrected chi connectivity index (χ4v) is 1.69. The molecule has 1 nitrogen and oxygen atoms in total. The van der Waals surface area contributed by atoms with Gasteiger partial charge in [0.05, 0.1) is 0 Å². The summed E-state index contributed by atoms with van der Waals surface area (Å²) in [6, 6.07) is 0. The first-order valence-corrected chi connectivity index (χ1v) is 4.47. The first-order valence-electron chi connectivity index (χ1n) is 4.47. The van der Waals surface area contributed by atoms with Crippen molar-refractivity contribution in [2.75, 3.05) is 13.1 Å². The highest BCUT2D eigenvalue weighted by Crippen LogP contribution is 2.30. The van der Waals surface area contributed by atoms with E-state index < -0.39 is 0 Å². The van der Waals surface area contributed by atoms with Gasteiger partial charge in [-0.3, -0.25) is 0 Å². The van der Waals surface area contributed by atoms with Crippen molar-refractivity contribution in [3.8, 4) is 0 Å². The van der Waals surface area contributed by atoms with Crippen molar-refractivity contribution in [1.29, 1.82) is 0 Å². The van der Waals surface area contributed by atoms with Crippen LogP contribution in [-0.4, -0.2) is 13.1 Å². The average Bonchev–Trinajstić information content (AvgIpc) is 2.33. The number of hydrogen-bond donors (Lipinski definition) is 1. The van der Waals surface area contributed by atoms with Crippen molar-refractivity contribution in [2.45, 2.75) is 39.5 Å². The Bertz CT molecular complexity index is 92.9. The van der Waals surface area contributed by atoms with Gasteiger partial charge >= 0.3 is 0 Å². The number of unbranched alkanes of at least 4 members (excludes halogenated alkanes) is 1. The second-order valence-corrected chi connectivity index (χ2v) is 3.84. The lowest BCUT2D eigenvalue weighted by Crippen LogP contribution is -2.19. The second kappa shape index (κ2) is 3.38. The molecule has 0 aromatic heterocycles. The minimum atomic E-state index is 0.635. The molecule has 1 aliphatic rings. The quantitative estimate of drug-likeness (QED) is 0.635. The van der Waals surface area contributed by atoms with E-state index >= 15 is 0 Å². The van der Waals surface area contributed by atoms with Crippen LogP contribution >= 0.6 is 0 Å². The van der Waals surface area contributed by atoms with E-state index in [1.165, 1.54) is 38.8 Å². The van der Waals surface area contributed by atoms with E-state index in [4.69, 9.17) is 0 Å². The predicted octanol–water partition coefficient (Wildman–Crippen LogP) is 2.18. The van der Waals surface area contributed by atoms with Crippen LogP contribution in [-0.2, 0) is 0 Å². The summed E-state index contributed by atoms with van der Waals surface area (Å²) < 4.78 is 0. The molecule has 1 heteroatoms. The monoisotopic (exact) mass is 141 g/mol. The van der Waals surface area contributed by atoms with Crippen molar-refractivity contribution in [2.24, 2.45) is 5.41 Å². The molecule has 1 N–H and O–H groups in total. The molecular formula is C9H19N. The molecule has 1 heterocycles. The van der Waals surface area contributed by atoms with Crippen molar-refractivity contribution in [1.82, 2.24) is 5.32 Å². The summed E-state index contributed by atoms with van der Waals surface area (Å²) >= 11 is 0. The predicted molar refractivity (Wildman–Crippen MR) is 45.1 cm³/mol. The Balaban J connectivity index is 2.22. The van der Waals surface area contributed by atoms with Gasteiger partial charge in [0, 0.05) is 6.54 Å². The van der Waals surface area contributed by atoms with Gasteiger partial charge in [-0.15, -0.1) is 0 Å². The van der Waals surface area contributed by atoms with E-state index in [2.05, 4.69) is 19.2 Å². The van der Waals surface area contributed by atoms with Gasteiger partial charge < -0.3 is 5.32 Å². The van der Waals surface area contributed by atoms with E-state index in [0.717, 1.165) is 0 Å². The second-order valence-electron chi connectivity index (χ2n) is 3.84. The minimum Gasteiger partial charge on any atom is -0.316 e. The number of rotatable bonds is 3. The largest absolute Gasteiger partial charge is 0.316 e. The lowest BCUT2D eigenvalue weighted by atomic mass is 9.84. The van der Waals surface area contributed by atoms with Gasteiger partial charge in [-0.25, -0.2) is 0 Å². The van der Waals surface area contributed by atoms with Crippen molar-refractivity contribution in [3.63, 3.8) is 0 Å². The van der Waals surface area contributed by atoms with Crippen molar-refractivity contribution >= 4 is 0 Å². The summed E-state index contributed by atoms with van der Waals surface area (Å²) in [5, 5.41) is 3.42. The Morgan fingerprint density at radius 2 is 2.30 bits per heavy atom. The third kappa shape index (κ3) is 1.98. The van der Waals surface area contributed by atoms with Gasteiger partial charge in [-0.1, -0.05) is 26.7 Å². The fourth-order valence-electron chi connectivity index (χ4n) is 1.69. The summed E-state index contributed by atoms with van der Waals surface area (Å²) in [7, 11) is 0. The smallest absolute Gasteiger partial charge is 0.000564 e. The molecule has 0 radical (unpaired) electrons. The molecule has 0 aliphatic carbocycles. The maximum absolute atomic E-state index is 3.42. The van der Waals surface area contributed by atoms with E-state index in [0.29, 0.717) is 5.41 Å². The first kappa shape index (κ1) is 8.06. The Kier molecular flexibility index (Phi) is 2.72. The van der Waals surface area contributed by atoms with Crippen LogP contribution in [0.15, 0.2) is 0 Å². The van der Waals surface area contributed by atoms with E-state index in [9.17, 15) is 0 Å². The zero-order valence-corrected chi connectivity index (χ0v) is 7.24. The molecule has 0 aromatic rings. The van der Waals surface area contributed by atoms with Crippen LogP contribution in [0.3, 0.4) is 0 Å². The summed E-state index contributed by atoms with van der Waals surface area (Å²) in [5.74, 6) is 0. The van der Waals surface area contributed by atoms with Gasteiger partial charge in [0.2, 0.25) is 0 Å².